The second kappa shape index (κ2) is 6.16. The standard InChI is InChI=1S/C15H18N2/c1-16-15(14-9-11-17-12-10-14)8-7-13-5-3-2-4-6-13/h2-6,9-12,15-16H,7-8H2,1H3. The zero-order chi connectivity index (χ0) is 11.9. The highest BCUT2D eigenvalue weighted by atomic mass is 14.9. The zero-order valence-electron chi connectivity index (χ0n) is 10.1. The first-order valence-electron chi connectivity index (χ1n) is 6.01. The fraction of sp³-hybridized carbons (Fsp3) is 0.267. The Morgan fingerprint density at radius 3 is 2.41 bits per heavy atom. The molecule has 88 valence electrons. The predicted octanol–water partition coefficient (Wildman–Crippen LogP) is 2.97. The van der Waals surface area contributed by atoms with Gasteiger partial charge in [-0.2, -0.15) is 0 Å². The topological polar surface area (TPSA) is 24.9 Å². The molecule has 1 atom stereocenters. The van der Waals surface area contributed by atoms with Crippen molar-refractivity contribution in [2.75, 3.05) is 7.05 Å². The molecule has 2 nitrogen and oxygen atoms in total. The summed E-state index contributed by atoms with van der Waals surface area (Å²) >= 11 is 0. The number of benzene rings is 1. The molecule has 0 aliphatic rings. The number of rotatable bonds is 5. The monoisotopic (exact) mass is 226 g/mol. The molecule has 0 saturated carbocycles. The van der Waals surface area contributed by atoms with E-state index in [9.17, 15) is 0 Å². The Kier molecular flexibility index (Phi) is 4.28. The van der Waals surface area contributed by atoms with Crippen LogP contribution in [0.15, 0.2) is 54.9 Å². The Morgan fingerprint density at radius 2 is 1.76 bits per heavy atom. The van der Waals surface area contributed by atoms with E-state index < -0.39 is 0 Å². The van der Waals surface area contributed by atoms with Crippen molar-refractivity contribution in [3.8, 4) is 0 Å². The van der Waals surface area contributed by atoms with Gasteiger partial charge < -0.3 is 5.32 Å². The van der Waals surface area contributed by atoms with E-state index in [1.807, 2.05) is 19.4 Å². The van der Waals surface area contributed by atoms with Crippen molar-refractivity contribution in [1.29, 1.82) is 0 Å². The van der Waals surface area contributed by atoms with Crippen LogP contribution in [0, 0.1) is 0 Å². The average Bonchev–Trinajstić information content (AvgIpc) is 2.42. The van der Waals surface area contributed by atoms with E-state index in [4.69, 9.17) is 0 Å². The third-order valence-corrected chi connectivity index (χ3v) is 3.02. The van der Waals surface area contributed by atoms with Crippen molar-refractivity contribution in [1.82, 2.24) is 10.3 Å². The van der Waals surface area contributed by atoms with Crippen molar-refractivity contribution < 1.29 is 0 Å². The fourth-order valence-corrected chi connectivity index (χ4v) is 2.03. The van der Waals surface area contributed by atoms with Gasteiger partial charge in [-0.05, 0) is 43.1 Å². The Morgan fingerprint density at radius 1 is 1.06 bits per heavy atom. The lowest BCUT2D eigenvalue weighted by molar-refractivity contribution is 0.549. The van der Waals surface area contributed by atoms with Gasteiger partial charge in [0.2, 0.25) is 0 Å². The van der Waals surface area contributed by atoms with E-state index in [0.29, 0.717) is 6.04 Å². The summed E-state index contributed by atoms with van der Waals surface area (Å²) in [4.78, 5) is 4.05. The molecule has 1 N–H and O–H groups in total. The van der Waals surface area contributed by atoms with Gasteiger partial charge in [-0.1, -0.05) is 30.3 Å². The Balaban J connectivity index is 1.97. The van der Waals surface area contributed by atoms with E-state index in [0.717, 1.165) is 12.8 Å². The molecule has 1 heterocycles. The van der Waals surface area contributed by atoms with Crippen molar-refractivity contribution in [2.24, 2.45) is 0 Å². The Hall–Kier alpha value is -1.67. The molecule has 0 fully saturated rings. The summed E-state index contributed by atoms with van der Waals surface area (Å²) in [5.41, 5.74) is 2.69. The molecule has 0 radical (unpaired) electrons. The van der Waals surface area contributed by atoms with E-state index >= 15 is 0 Å². The maximum atomic E-state index is 4.05. The van der Waals surface area contributed by atoms with Gasteiger partial charge in [-0.15, -0.1) is 0 Å². The second-order valence-electron chi connectivity index (χ2n) is 4.15. The molecule has 2 rings (SSSR count). The minimum absolute atomic E-state index is 0.401. The van der Waals surface area contributed by atoms with Crippen LogP contribution >= 0.6 is 0 Å². The smallest absolute Gasteiger partial charge is 0.0321 e. The molecule has 1 unspecified atom stereocenters. The lowest BCUT2D eigenvalue weighted by Crippen LogP contribution is -2.17. The summed E-state index contributed by atoms with van der Waals surface area (Å²) in [5.74, 6) is 0. The lowest BCUT2D eigenvalue weighted by atomic mass is 10.00. The number of nitrogens with zero attached hydrogens (tertiary/aromatic N) is 1. The summed E-state index contributed by atoms with van der Waals surface area (Å²) in [7, 11) is 2.01. The van der Waals surface area contributed by atoms with Gasteiger partial charge in [-0.25, -0.2) is 0 Å². The third-order valence-electron chi connectivity index (χ3n) is 3.02. The van der Waals surface area contributed by atoms with Crippen LogP contribution in [0.1, 0.15) is 23.6 Å². The molecular formula is C15H18N2. The highest BCUT2D eigenvalue weighted by Crippen LogP contribution is 2.17. The van der Waals surface area contributed by atoms with Crippen molar-refractivity contribution >= 4 is 0 Å². The Labute approximate surface area is 103 Å². The molecule has 0 aliphatic carbocycles. The molecule has 1 aromatic carbocycles. The molecule has 0 spiro atoms. The molecular weight excluding hydrogens is 208 g/mol. The van der Waals surface area contributed by atoms with Crippen molar-refractivity contribution in [3.63, 3.8) is 0 Å². The van der Waals surface area contributed by atoms with Gasteiger partial charge in [0.25, 0.3) is 0 Å². The van der Waals surface area contributed by atoms with Crippen molar-refractivity contribution in [2.45, 2.75) is 18.9 Å². The van der Waals surface area contributed by atoms with Crippen LogP contribution in [-0.2, 0) is 6.42 Å². The van der Waals surface area contributed by atoms with Gasteiger partial charge in [0, 0.05) is 18.4 Å². The molecule has 0 saturated heterocycles. The van der Waals surface area contributed by atoms with Crippen LogP contribution in [0.4, 0.5) is 0 Å². The molecule has 17 heavy (non-hydrogen) atoms. The molecule has 2 aromatic rings. The van der Waals surface area contributed by atoms with Crippen LogP contribution in [0.25, 0.3) is 0 Å². The molecule has 1 aromatic heterocycles. The van der Waals surface area contributed by atoms with Crippen molar-refractivity contribution in [3.05, 3.63) is 66.0 Å². The summed E-state index contributed by atoms with van der Waals surface area (Å²) < 4.78 is 0. The summed E-state index contributed by atoms with van der Waals surface area (Å²) in [6.07, 6.45) is 5.89. The first-order chi connectivity index (χ1) is 8.40. The maximum absolute atomic E-state index is 4.05. The maximum Gasteiger partial charge on any atom is 0.0321 e. The van der Waals surface area contributed by atoms with Gasteiger partial charge in [0.15, 0.2) is 0 Å². The van der Waals surface area contributed by atoms with E-state index in [1.165, 1.54) is 11.1 Å². The minimum Gasteiger partial charge on any atom is -0.313 e. The first kappa shape index (κ1) is 11.8. The van der Waals surface area contributed by atoms with Crippen LogP contribution in [0.5, 0.6) is 0 Å². The molecule has 0 bridgehead atoms. The number of aryl methyl sites for hydroxylation is 1. The quantitative estimate of drug-likeness (QED) is 0.847. The average molecular weight is 226 g/mol. The normalized spacial score (nSPS) is 12.3. The van der Waals surface area contributed by atoms with Crippen LogP contribution in [0.3, 0.4) is 0 Å². The largest absolute Gasteiger partial charge is 0.313 e. The van der Waals surface area contributed by atoms with E-state index in [2.05, 4.69) is 52.8 Å². The zero-order valence-corrected chi connectivity index (χ0v) is 10.1. The van der Waals surface area contributed by atoms with Gasteiger partial charge in [0.05, 0.1) is 0 Å². The van der Waals surface area contributed by atoms with Crippen LogP contribution < -0.4 is 5.32 Å². The van der Waals surface area contributed by atoms with Gasteiger partial charge >= 0.3 is 0 Å². The summed E-state index contributed by atoms with van der Waals surface area (Å²) in [5, 5.41) is 3.36. The van der Waals surface area contributed by atoms with Gasteiger partial charge in [0.1, 0.15) is 0 Å². The molecule has 2 heteroatoms. The summed E-state index contributed by atoms with van der Waals surface area (Å²) in [6.45, 7) is 0. The fourth-order valence-electron chi connectivity index (χ4n) is 2.03. The number of aromatic nitrogens is 1. The highest BCUT2D eigenvalue weighted by molar-refractivity contribution is 5.18. The SMILES string of the molecule is CNC(CCc1ccccc1)c1ccncc1. The van der Waals surface area contributed by atoms with Crippen LogP contribution in [0.2, 0.25) is 0 Å². The third kappa shape index (κ3) is 3.40. The first-order valence-corrected chi connectivity index (χ1v) is 6.01. The summed E-state index contributed by atoms with van der Waals surface area (Å²) in [6, 6.07) is 15.2. The predicted molar refractivity (Wildman–Crippen MR) is 70.8 cm³/mol. The Bertz CT molecular complexity index is 425. The molecule has 0 aliphatic heterocycles. The number of hydrogen-bond acceptors (Lipinski definition) is 2. The lowest BCUT2D eigenvalue weighted by Gasteiger charge is -2.16. The molecule has 0 amide bonds. The van der Waals surface area contributed by atoms with Crippen LogP contribution in [-0.4, -0.2) is 12.0 Å². The highest BCUT2D eigenvalue weighted by Gasteiger charge is 2.08. The number of hydrogen-bond donors (Lipinski definition) is 1. The van der Waals surface area contributed by atoms with E-state index in [1.54, 1.807) is 0 Å². The minimum atomic E-state index is 0.401. The number of nitrogens with one attached hydrogen (secondary N) is 1. The van der Waals surface area contributed by atoms with E-state index in [-0.39, 0.29) is 0 Å². The van der Waals surface area contributed by atoms with Gasteiger partial charge in [-0.3, -0.25) is 4.98 Å². The second-order valence-corrected chi connectivity index (χ2v) is 4.15. The number of pyridine rings is 1.